The lowest BCUT2D eigenvalue weighted by molar-refractivity contribution is 0.0195. The molecule has 0 radical (unpaired) electrons. The highest BCUT2D eigenvalue weighted by molar-refractivity contribution is 5.80. The van der Waals surface area contributed by atoms with Gasteiger partial charge in [0.25, 0.3) is 0 Å². The summed E-state index contributed by atoms with van der Waals surface area (Å²) in [5.74, 6) is 1.47. The predicted octanol–water partition coefficient (Wildman–Crippen LogP) is 1.97. The number of benzene rings is 1. The molecule has 2 aliphatic heterocycles. The second kappa shape index (κ2) is 10.5. The summed E-state index contributed by atoms with van der Waals surface area (Å²) in [6, 6.07) is 6.76. The van der Waals surface area contributed by atoms with Crippen molar-refractivity contribution in [2.24, 2.45) is 4.99 Å². The van der Waals surface area contributed by atoms with Gasteiger partial charge in [0.15, 0.2) is 5.96 Å². The number of nitrogens with zero attached hydrogens (tertiary/aromatic N) is 3. The van der Waals surface area contributed by atoms with E-state index in [1.54, 1.807) is 12.1 Å². The van der Waals surface area contributed by atoms with E-state index in [9.17, 15) is 4.39 Å². The van der Waals surface area contributed by atoms with Crippen molar-refractivity contribution in [3.63, 3.8) is 0 Å². The van der Waals surface area contributed by atoms with Crippen LogP contribution in [-0.2, 0) is 4.74 Å². The molecule has 1 unspecified atom stereocenters. The minimum Gasteiger partial charge on any atom is -0.494 e. The summed E-state index contributed by atoms with van der Waals surface area (Å²) in [4.78, 5) is 9.35. The molecule has 27 heavy (non-hydrogen) atoms. The second-order valence-electron chi connectivity index (χ2n) is 7.02. The summed E-state index contributed by atoms with van der Waals surface area (Å²) in [6.45, 7) is 7.37. The van der Waals surface area contributed by atoms with E-state index in [1.807, 2.05) is 7.05 Å². The molecule has 1 aromatic carbocycles. The van der Waals surface area contributed by atoms with Crippen LogP contribution in [0.25, 0.3) is 0 Å². The molecule has 0 saturated carbocycles. The number of hydrogen-bond acceptors (Lipinski definition) is 4. The Hall–Kier alpha value is -1.86. The smallest absolute Gasteiger partial charge is 0.193 e. The van der Waals surface area contributed by atoms with Crippen LogP contribution in [0.3, 0.4) is 0 Å². The Morgan fingerprint density at radius 1 is 1.22 bits per heavy atom. The highest BCUT2D eigenvalue weighted by Gasteiger charge is 2.30. The van der Waals surface area contributed by atoms with E-state index in [2.05, 4.69) is 20.1 Å². The summed E-state index contributed by atoms with van der Waals surface area (Å²) < 4.78 is 23.9. The van der Waals surface area contributed by atoms with Crippen LogP contribution in [0.15, 0.2) is 29.3 Å². The fourth-order valence-electron chi connectivity index (χ4n) is 3.66. The van der Waals surface area contributed by atoms with Crippen LogP contribution in [-0.4, -0.2) is 81.4 Å². The number of ether oxygens (including phenoxy) is 2. The Morgan fingerprint density at radius 3 is 2.74 bits per heavy atom. The van der Waals surface area contributed by atoms with Crippen molar-refractivity contribution in [1.29, 1.82) is 0 Å². The maximum absolute atomic E-state index is 12.9. The topological polar surface area (TPSA) is 49.3 Å². The number of nitrogens with one attached hydrogen (secondary N) is 1. The van der Waals surface area contributed by atoms with Gasteiger partial charge in [0.2, 0.25) is 0 Å². The average molecular weight is 378 g/mol. The van der Waals surface area contributed by atoms with E-state index in [0.29, 0.717) is 18.4 Å². The molecule has 2 heterocycles. The fourth-order valence-corrected chi connectivity index (χ4v) is 3.66. The third-order valence-electron chi connectivity index (χ3n) is 5.17. The minimum atomic E-state index is -0.240. The number of morpholine rings is 1. The zero-order valence-corrected chi connectivity index (χ0v) is 16.2. The monoisotopic (exact) mass is 378 g/mol. The van der Waals surface area contributed by atoms with Crippen molar-refractivity contribution < 1.29 is 13.9 Å². The van der Waals surface area contributed by atoms with Gasteiger partial charge in [-0.15, -0.1) is 0 Å². The maximum Gasteiger partial charge on any atom is 0.193 e. The van der Waals surface area contributed by atoms with E-state index >= 15 is 0 Å². The second-order valence-corrected chi connectivity index (χ2v) is 7.02. The Morgan fingerprint density at radius 2 is 2.00 bits per heavy atom. The molecule has 0 bridgehead atoms. The van der Waals surface area contributed by atoms with Gasteiger partial charge in [-0.25, -0.2) is 4.39 Å². The lowest BCUT2D eigenvalue weighted by Crippen LogP contribution is -2.46. The molecule has 0 aliphatic carbocycles. The normalized spacial score (nSPS) is 21.5. The molecular formula is C20H31FN4O2. The van der Waals surface area contributed by atoms with Crippen LogP contribution in [0.4, 0.5) is 4.39 Å². The zero-order chi connectivity index (χ0) is 18.9. The fraction of sp³-hybridized carbons (Fsp3) is 0.650. The van der Waals surface area contributed by atoms with E-state index in [1.165, 1.54) is 18.6 Å². The average Bonchev–Trinajstić information content (AvgIpc) is 3.19. The van der Waals surface area contributed by atoms with Gasteiger partial charge in [-0.3, -0.25) is 9.89 Å². The van der Waals surface area contributed by atoms with E-state index in [4.69, 9.17) is 9.47 Å². The van der Waals surface area contributed by atoms with Gasteiger partial charge < -0.3 is 19.7 Å². The summed E-state index contributed by atoms with van der Waals surface area (Å²) in [5.41, 5.74) is 0. The molecule has 2 fully saturated rings. The molecule has 1 N–H and O–H groups in total. The van der Waals surface area contributed by atoms with Gasteiger partial charge in [0, 0.05) is 45.8 Å². The van der Waals surface area contributed by atoms with Crippen LogP contribution in [0.1, 0.15) is 19.3 Å². The van der Waals surface area contributed by atoms with Crippen molar-refractivity contribution in [3.8, 4) is 5.75 Å². The van der Waals surface area contributed by atoms with Crippen LogP contribution in [0, 0.1) is 5.82 Å². The molecular weight excluding hydrogens is 347 g/mol. The molecule has 6 nitrogen and oxygen atoms in total. The molecule has 0 aromatic heterocycles. The van der Waals surface area contributed by atoms with Crippen LogP contribution >= 0.6 is 0 Å². The van der Waals surface area contributed by atoms with Crippen molar-refractivity contribution in [2.75, 3.05) is 59.6 Å². The van der Waals surface area contributed by atoms with Gasteiger partial charge in [0.1, 0.15) is 11.6 Å². The summed E-state index contributed by atoms with van der Waals surface area (Å²) >= 11 is 0. The highest BCUT2D eigenvalue weighted by Crippen LogP contribution is 2.17. The molecule has 1 aromatic rings. The molecule has 3 rings (SSSR count). The predicted molar refractivity (Wildman–Crippen MR) is 105 cm³/mol. The first kappa shape index (κ1) is 19.9. The number of hydrogen-bond donors (Lipinski definition) is 1. The summed E-state index contributed by atoms with van der Waals surface area (Å²) in [5, 5.41) is 3.47. The lowest BCUT2D eigenvalue weighted by atomic mass is 10.2. The molecule has 7 heteroatoms. The molecule has 0 amide bonds. The van der Waals surface area contributed by atoms with Crippen LogP contribution in [0.2, 0.25) is 0 Å². The van der Waals surface area contributed by atoms with E-state index in [0.717, 1.165) is 64.7 Å². The van der Waals surface area contributed by atoms with Crippen molar-refractivity contribution in [2.45, 2.75) is 25.3 Å². The van der Waals surface area contributed by atoms with Crippen molar-refractivity contribution >= 4 is 5.96 Å². The standard InChI is InChI=1S/C20H31FN4O2/c1-22-20(25-10-8-18(16-25)24-11-14-26-15-12-24)23-9-2-3-13-27-19-6-4-17(21)5-7-19/h4-7,18H,2-3,8-16H2,1H3,(H,22,23). The maximum atomic E-state index is 12.9. The lowest BCUT2D eigenvalue weighted by Gasteiger charge is -2.32. The summed E-state index contributed by atoms with van der Waals surface area (Å²) in [6.07, 6.45) is 3.13. The Kier molecular flexibility index (Phi) is 7.71. The number of likely N-dealkylation sites (tertiary alicyclic amines) is 1. The van der Waals surface area contributed by atoms with E-state index < -0.39 is 0 Å². The Labute approximate surface area is 161 Å². The molecule has 0 spiro atoms. The third kappa shape index (κ3) is 6.07. The SMILES string of the molecule is CN=C(NCCCCOc1ccc(F)cc1)N1CCC(N2CCOCC2)C1. The van der Waals surface area contributed by atoms with Crippen molar-refractivity contribution in [1.82, 2.24) is 15.1 Å². The van der Waals surface area contributed by atoms with Crippen LogP contribution < -0.4 is 10.1 Å². The largest absolute Gasteiger partial charge is 0.494 e. The van der Waals surface area contributed by atoms with Gasteiger partial charge in [0.05, 0.1) is 19.8 Å². The quantitative estimate of drug-likeness (QED) is 0.447. The number of unbranched alkanes of at least 4 members (excludes halogenated alkanes) is 1. The number of halogens is 1. The molecule has 1 atom stereocenters. The molecule has 2 saturated heterocycles. The van der Waals surface area contributed by atoms with Gasteiger partial charge >= 0.3 is 0 Å². The first-order valence-corrected chi connectivity index (χ1v) is 9.92. The van der Waals surface area contributed by atoms with E-state index in [-0.39, 0.29) is 5.82 Å². The first-order chi connectivity index (χ1) is 13.3. The minimum absolute atomic E-state index is 0.240. The Balaban J connectivity index is 1.30. The number of rotatable bonds is 7. The summed E-state index contributed by atoms with van der Waals surface area (Å²) in [7, 11) is 1.85. The third-order valence-corrected chi connectivity index (χ3v) is 5.17. The number of aliphatic imine (C=N–C) groups is 1. The Bertz CT molecular complexity index is 590. The zero-order valence-electron chi connectivity index (χ0n) is 16.2. The van der Waals surface area contributed by atoms with Gasteiger partial charge in [-0.2, -0.15) is 0 Å². The van der Waals surface area contributed by atoms with Gasteiger partial charge in [-0.1, -0.05) is 0 Å². The molecule has 2 aliphatic rings. The number of guanidine groups is 1. The molecule has 150 valence electrons. The van der Waals surface area contributed by atoms with Gasteiger partial charge in [-0.05, 0) is 43.5 Å². The van der Waals surface area contributed by atoms with Crippen LogP contribution in [0.5, 0.6) is 5.75 Å². The first-order valence-electron chi connectivity index (χ1n) is 9.92. The highest BCUT2D eigenvalue weighted by atomic mass is 19.1. The van der Waals surface area contributed by atoms with Crippen molar-refractivity contribution in [3.05, 3.63) is 30.1 Å².